The molecule has 0 saturated carbocycles. The smallest absolute Gasteiger partial charge is 0.462 e. The number of esters is 2. The summed E-state index contributed by atoms with van der Waals surface area (Å²) in [5.74, 6) is -0.118. The van der Waals surface area contributed by atoms with Gasteiger partial charge in [-0.25, -0.2) is 4.57 Å². The van der Waals surface area contributed by atoms with Gasteiger partial charge in [-0.15, -0.1) is 0 Å². The van der Waals surface area contributed by atoms with Gasteiger partial charge < -0.3 is 24.4 Å². The molecule has 2 atom stereocenters. The van der Waals surface area contributed by atoms with Crippen molar-refractivity contribution in [1.29, 1.82) is 0 Å². The van der Waals surface area contributed by atoms with Gasteiger partial charge in [-0.2, -0.15) is 0 Å². The molecule has 0 bridgehead atoms. The van der Waals surface area contributed by atoms with Crippen LogP contribution in [0.1, 0.15) is 175 Å². The second kappa shape index (κ2) is 34.3. The summed E-state index contributed by atoms with van der Waals surface area (Å²) in [4.78, 5) is 42.8. The van der Waals surface area contributed by atoms with Gasteiger partial charge in [0.1, 0.15) is 6.61 Å². The van der Waals surface area contributed by atoms with Crippen molar-refractivity contribution >= 4 is 19.8 Å². The maximum Gasteiger partial charge on any atom is 0.469 e. The van der Waals surface area contributed by atoms with Crippen molar-refractivity contribution in [2.45, 2.75) is 187 Å². The van der Waals surface area contributed by atoms with E-state index in [2.05, 4.69) is 31.4 Å². The monoisotopic (exact) mass is 728 g/mol. The molecule has 50 heavy (non-hydrogen) atoms. The van der Waals surface area contributed by atoms with Crippen LogP contribution in [0.25, 0.3) is 0 Å². The molecule has 0 saturated heterocycles. The fourth-order valence-corrected chi connectivity index (χ4v) is 5.84. The average Bonchev–Trinajstić information content (AvgIpc) is 3.06. The Morgan fingerprint density at radius 2 is 1.18 bits per heavy atom. The number of allylic oxidation sites excluding steroid dienone is 4. The molecule has 0 radical (unpaired) electrons. The van der Waals surface area contributed by atoms with Gasteiger partial charge >= 0.3 is 19.8 Å². The number of phosphoric acid groups is 1. The Bertz CT molecular complexity index is 941. The second-order valence-corrected chi connectivity index (χ2v) is 15.2. The number of phosphoric ester groups is 1. The third-order valence-electron chi connectivity index (χ3n) is 8.43. The van der Waals surface area contributed by atoms with Crippen LogP contribution in [0.2, 0.25) is 0 Å². The fraction of sp³-hybridized carbons (Fsp3) is 0.800. The van der Waals surface area contributed by atoms with Crippen LogP contribution >= 0.6 is 7.82 Å². The lowest BCUT2D eigenvalue weighted by atomic mass is 10.0. The van der Waals surface area contributed by atoms with Crippen LogP contribution in [-0.4, -0.2) is 52.3 Å². The SMILES string of the molecule is CC/C=C/CC(O)/C=C/C=C/CCCCCCCC(=O)OC[C@H](COP(=O)(O)O)OC(=O)CCCCCCCCCCCCCCCC(C)C. The van der Waals surface area contributed by atoms with E-state index in [0.29, 0.717) is 19.3 Å². The van der Waals surface area contributed by atoms with Crippen LogP contribution in [0.3, 0.4) is 0 Å². The van der Waals surface area contributed by atoms with Crippen molar-refractivity contribution in [1.82, 2.24) is 0 Å². The zero-order valence-corrected chi connectivity index (χ0v) is 32.7. The summed E-state index contributed by atoms with van der Waals surface area (Å²) in [7, 11) is -4.77. The number of hydrogen-bond acceptors (Lipinski definition) is 7. The van der Waals surface area contributed by atoms with Crippen LogP contribution in [-0.2, 0) is 28.2 Å². The summed E-state index contributed by atoms with van der Waals surface area (Å²) >= 11 is 0. The molecular formula is C40H73O9P. The highest BCUT2D eigenvalue weighted by Gasteiger charge is 2.22. The molecule has 0 aromatic rings. The van der Waals surface area contributed by atoms with E-state index in [4.69, 9.17) is 19.3 Å². The van der Waals surface area contributed by atoms with Crippen molar-refractivity contribution in [3.63, 3.8) is 0 Å². The summed E-state index contributed by atoms with van der Waals surface area (Å²) in [6.07, 6.45) is 34.8. The Hall–Kier alpha value is -1.77. The molecule has 0 aliphatic heterocycles. The van der Waals surface area contributed by atoms with Gasteiger partial charge in [0.25, 0.3) is 0 Å². The second-order valence-electron chi connectivity index (χ2n) is 13.9. The number of aliphatic hydroxyl groups is 1. The summed E-state index contributed by atoms with van der Waals surface area (Å²) in [6, 6.07) is 0. The standard InChI is InChI=1S/C40H73O9P/c1-4-5-24-30-37(41)31-26-21-17-13-11-15-18-22-27-32-39(42)47-34-38(35-48-50(44,45)46)49-40(43)33-28-23-19-14-10-8-6-7-9-12-16-20-25-29-36(2)3/h5,17,21,24,26,31,36-38,41H,4,6-16,18-20,22-23,25,27-30,32-35H2,1-3H3,(H2,44,45,46)/b21-17+,24-5+,31-26+/t37?,38-/m1/s1. The Kier molecular flexibility index (Phi) is 33.1. The van der Waals surface area contributed by atoms with E-state index in [1.165, 1.54) is 64.2 Å². The first kappa shape index (κ1) is 48.2. The zero-order chi connectivity index (χ0) is 37.1. The lowest BCUT2D eigenvalue weighted by molar-refractivity contribution is -0.161. The zero-order valence-electron chi connectivity index (χ0n) is 31.8. The normalized spacial score (nSPS) is 13.6. The van der Waals surface area contributed by atoms with Gasteiger partial charge in [0.05, 0.1) is 12.7 Å². The van der Waals surface area contributed by atoms with E-state index in [1.54, 1.807) is 6.08 Å². The van der Waals surface area contributed by atoms with Crippen molar-refractivity contribution in [2.75, 3.05) is 13.2 Å². The molecule has 0 rings (SSSR count). The maximum atomic E-state index is 12.4. The number of carbonyl (C=O) groups excluding carboxylic acids is 2. The molecule has 0 amide bonds. The molecule has 3 N–H and O–H groups in total. The molecule has 0 aromatic carbocycles. The highest BCUT2D eigenvalue weighted by Crippen LogP contribution is 2.36. The Morgan fingerprint density at radius 1 is 0.660 bits per heavy atom. The molecule has 292 valence electrons. The highest BCUT2D eigenvalue weighted by atomic mass is 31.2. The van der Waals surface area contributed by atoms with Gasteiger partial charge in [-0.3, -0.25) is 14.1 Å². The van der Waals surface area contributed by atoms with Gasteiger partial charge in [0.15, 0.2) is 6.10 Å². The molecule has 0 spiro atoms. The number of hydrogen-bond donors (Lipinski definition) is 3. The molecule has 0 aliphatic carbocycles. The largest absolute Gasteiger partial charge is 0.469 e. The van der Waals surface area contributed by atoms with Crippen LogP contribution in [0, 0.1) is 5.92 Å². The first-order valence-corrected chi connectivity index (χ1v) is 21.3. The minimum absolute atomic E-state index is 0.198. The minimum atomic E-state index is -4.77. The molecule has 0 fully saturated rings. The molecule has 10 heteroatoms. The van der Waals surface area contributed by atoms with Gasteiger partial charge in [0.2, 0.25) is 0 Å². The number of unbranched alkanes of at least 4 members (excludes halogenated alkanes) is 17. The third kappa shape index (κ3) is 37.5. The average molecular weight is 729 g/mol. The number of carbonyl (C=O) groups is 2. The highest BCUT2D eigenvalue weighted by molar-refractivity contribution is 7.46. The molecule has 9 nitrogen and oxygen atoms in total. The van der Waals surface area contributed by atoms with Crippen molar-refractivity contribution in [3.05, 3.63) is 36.5 Å². The molecule has 0 aromatic heterocycles. The van der Waals surface area contributed by atoms with Gasteiger partial charge in [-0.05, 0) is 44.4 Å². The van der Waals surface area contributed by atoms with Crippen LogP contribution in [0.15, 0.2) is 36.5 Å². The van der Waals surface area contributed by atoms with E-state index in [0.717, 1.165) is 63.7 Å². The summed E-state index contributed by atoms with van der Waals surface area (Å²) in [6.45, 7) is 5.78. The van der Waals surface area contributed by atoms with E-state index in [9.17, 15) is 19.3 Å². The van der Waals surface area contributed by atoms with E-state index >= 15 is 0 Å². The molecule has 0 aliphatic rings. The maximum absolute atomic E-state index is 12.4. The van der Waals surface area contributed by atoms with Gasteiger partial charge in [-0.1, -0.05) is 160 Å². The first-order valence-electron chi connectivity index (χ1n) is 19.7. The quantitative estimate of drug-likeness (QED) is 0.0191. The van der Waals surface area contributed by atoms with Crippen molar-refractivity contribution < 1.29 is 43.0 Å². The lowest BCUT2D eigenvalue weighted by Crippen LogP contribution is -2.29. The number of aliphatic hydroxyl groups excluding tert-OH is 1. The topological polar surface area (TPSA) is 140 Å². The number of rotatable bonds is 35. The van der Waals surface area contributed by atoms with E-state index in [-0.39, 0.29) is 19.4 Å². The lowest BCUT2D eigenvalue weighted by Gasteiger charge is -2.18. The van der Waals surface area contributed by atoms with Crippen LogP contribution in [0.4, 0.5) is 0 Å². The summed E-state index contributed by atoms with van der Waals surface area (Å²) in [5.41, 5.74) is 0. The predicted molar refractivity (Wildman–Crippen MR) is 204 cm³/mol. The molecule has 1 unspecified atom stereocenters. The minimum Gasteiger partial charge on any atom is -0.462 e. The van der Waals surface area contributed by atoms with Gasteiger partial charge in [0, 0.05) is 12.8 Å². The Labute approximate surface area is 304 Å². The predicted octanol–water partition coefficient (Wildman–Crippen LogP) is 10.6. The first-order chi connectivity index (χ1) is 24.0. The van der Waals surface area contributed by atoms with E-state index < -0.39 is 38.6 Å². The van der Waals surface area contributed by atoms with Crippen LogP contribution in [0.5, 0.6) is 0 Å². The Morgan fingerprint density at radius 3 is 1.72 bits per heavy atom. The van der Waals surface area contributed by atoms with E-state index in [1.807, 2.05) is 24.3 Å². The number of ether oxygens (including phenoxy) is 2. The third-order valence-corrected chi connectivity index (χ3v) is 8.92. The molecular weight excluding hydrogens is 655 g/mol. The summed E-state index contributed by atoms with van der Waals surface area (Å²) in [5, 5.41) is 9.83. The fourth-order valence-electron chi connectivity index (χ4n) is 5.48. The van der Waals surface area contributed by atoms with Crippen molar-refractivity contribution in [2.24, 2.45) is 5.92 Å². The Balaban J connectivity index is 4.00. The van der Waals surface area contributed by atoms with Crippen molar-refractivity contribution in [3.8, 4) is 0 Å². The van der Waals surface area contributed by atoms with Crippen LogP contribution < -0.4 is 0 Å². The molecule has 0 heterocycles. The summed E-state index contributed by atoms with van der Waals surface area (Å²) < 4.78 is 26.3.